The standard InChI is InChI=1S/C21H21ClN4O6/c22-15-11-14(26(29)30)5-6-16(15)23-20(27)13-25-12-19(21(28)24-7-9-31-10-8-24)32-18-4-2-1-3-17(18)25/h1-6,11,19H,7-10,12-13H2,(H,23,27)/t19-/m0/s1. The number of ether oxygens (including phenoxy) is 2. The van der Waals surface area contributed by atoms with Gasteiger partial charge in [0.2, 0.25) is 5.91 Å². The smallest absolute Gasteiger partial charge is 0.271 e. The number of nitro benzene ring substituents is 1. The second kappa shape index (κ2) is 9.41. The average molecular weight is 461 g/mol. The molecule has 0 aliphatic carbocycles. The second-order valence-electron chi connectivity index (χ2n) is 7.36. The summed E-state index contributed by atoms with van der Waals surface area (Å²) >= 11 is 6.08. The molecule has 168 valence electrons. The number of para-hydroxylation sites is 2. The predicted octanol–water partition coefficient (Wildman–Crippen LogP) is 2.31. The van der Waals surface area contributed by atoms with E-state index >= 15 is 0 Å². The molecule has 0 radical (unpaired) electrons. The SMILES string of the molecule is O=C(CN1C[C@@H](C(=O)N2CCOCC2)Oc2ccccc21)Nc1ccc([N+](=O)[O-])cc1Cl. The van der Waals surface area contributed by atoms with E-state index in [1.807, 2.05) is 12.1 Å². The maximum atomic E-state index is 13.0. The first-order valence-electron chi connectivity index (χ1n) is 10.0. The van der Waals surface area contributed by atoms with Crippen molar-refractivity contribution < 1.29 is 24.0 Å². The number of non-ortho nitro benzene ring substituents is 1. The van der Waals surface area contributed by atoms with E-state index in [1.54, 1.807) is 21.9 Å². The maximum absolute atomic E-state index is 13.0. The molecule has 0 unspecified atom stereocenters. The fourth-order valence-corrected chi connectivity index (χ4v) is 3.88. The zero-order valence-corrected chi connectivity index (χ0v) is 17.8. The fourth-order valence-electron chi connectivity index (χ4n) is 3.65. The number of halogens is 1. The number of carbonyl (C=O) groups excluding carboxylic acids is 2. The summed E-state index contributed by atoms with van der Waals surface area (Å²) in [5, 5.41) is 13.6. The number of benzene rings is 2. The number of nitrogens with zero attached hydrogens (tertiary/aromatic N) is 3. The number of anilines is 2. The van der Waals surface area contributed by atoms with Gasteiger partial charge in [-0.25, -0.2) is 0 Å². The van der Waals surface area contributed by atoms with Gasteiger partial charge in [-0.05, 0) is 18.2 Å². The van der Waals surface area contributed by atoms with Gasteiger partial charge in [0.1, 0.15) is 5.75 Å². The van der Waals surface area contributed by atoms with Crippen LogP contribution < -0.4 is 15.0 Å². The third kappa shape index (κ3) is 4.76. The van der Waals surface area contributed by atoms with Gasteiger partial charge in [-0.2, -0.15) is 0 Å². The highest BCUT2D eigenvalue weighted by atomic mass is 35.5. The first kappa shape index (κ1) is 21.8. The summed E-state index contributed by atoms with van der Waals surface area (Å²) in [6, 6.07) is 11.0. The Labute approximate surface area is 188 Å². The maximum Gasteiger partial charge on any atom is 0.271 e. The molecular weight excluding hydrogens is 440 g/mol. The number of morpholine rings is 1. The van der Waals surface area contributed by atoms with Crippen LogP contribution in [0, 0.1) is 10.1 Å². The summed E-state index contributed by atoms with van der Waals surface area (Å²) in [5.74, 6) is -0.00631. The topological polar surface area (TPSA) is 114 Å². The van der Waals surface area contributed by atoms with Gasteiger partial charge < -0.3 is 24.6 Å². The molecule has 2 heterocycles. The normalized spacial score (nSPS) is 17.8. The molecule has 1 N–H and O–H groups in total. The molecule has 1 fully saturated rings. The molecule has 4 rings (SSSR count). The Morgan fingerprint density at radius 2 is 1.94 bits per heavy atom. The van der Waals surface area contributed by atoms with Crippen LogP contribution in [0.3, 0.4) is 0 Å². The quantitative estimate of drug-likeness (QED) is 0.538. The van der Waals surface area contributed by atoms with Gasteiger partial charge in [0, 0.05) is 25.2 Å². The van der Waals surface area contributed by atoms with Gasteiger partial charge in [0.15, 0.2) is 6.10 Å². The van der Waals surface area contributed by atoms with Crippen LogP contribution in [0.2, 0.25) is 5.02 Å². The molecular formula is C21H21ClN4O6. The Morgan fingerprint density at radius 1 is 1.19 bits per heavy atom. The van der Waals surface area contributed by atoms with Crippen molar-refractivity contribution in [2.75, 3.05) is 49.6 Å². The number of hydrogen-bond acceptors (Lipinski definition) is 7. The molecule has 2 aromatic rings. The lowest BCUT2D eigenvalue weighted by atomic mass is 10.1. The molecule has 2 aliphatic rings. The van der Waals surface area contributed by atoms with Crippen molar-refractivity contribution in [1.29, 1.82) is 0 Å². The third-order valence-corrected chi connectivity index (χ3v) is 5.54. The molecule has 0 saturated carbocycles. The number of carbonyl (C=O) groups is 2. The zero-order chi connectivity index (χ0) is 22.7. The van der Waals surface area contributed by atoms with Gasteiger partial charge in [-0.1, -0.05) is 23.7 Å². The van der Waals surface area contributed by atoms with Gasteiger partial charge in [0.05, 0.1) is 47.6 Å². The lowest BCUT2D eigenvalue weighted by molar-refractivity contribution is -0.384. The largest absolute Gasteiger partial charge is 0.477 e. The van der Waals surface area contributed by atoms with Gasteiger partial charge in [-0.15, -0.1) is 0 Å². The summed E-state index contributed by atoms with van der Waals surface area (Å²) in [5.41, 5.74) is 0.799. The minimum atomic E-state index is -0.751. The number of nitro groups is 1. The number of amides is 2. The summed E-state index contributed by atoms with van der Waals surface area (Å²) < 4.78 is 11.2. The molecule has 0 spiro atoms. The first-order chi connectivity index (χ1) is 15.4. The molecule has 2 aromatic carbocycles. The zero-order valence-electron chi connectivity index (χ0n) is 17.0. The Kier molecular flexibility index (Phi) is 6.42. The van der Waals surface area contributed by atoms with Crippen molar-refractivity contribution in [3.63, 3.8) is 0 Å². The van der Waals surface area contributed by atoms with Gasteiger partial charge >= 0.3 is 0 Å². The highest BCUT2D eigenvalue weighted by Gasteiger charge is 2.34. The van der Waals surface area contributed by atoms with Gasteiger partial charge in [0.25, 0.3) is 11.6 Å². The van der Waals surface area contributed by atoms with E-state index in [9.17, 15) is 19.7 Å². The van der Waals surface area contributed by atoms with E-state index in [0.717, 1.165) is 0 Å². The summed E-state index contributed by atoms with van der Waals surface area (Å²) in [6.07, 6.45) is -0.751. The van der Waals surface area contributed by atoms with Crippen molar-refractivity contribution in [1.82, 2.24) is 4.90 Å². The number of fused-ring (bicyclic) bond motifs is 1. The molecule has 32 heavy (non-hydrogen) atoms. The lowest BCUT2D eigenvalue weighted by Crippen LogP contribution is -2.53. The van der Waals surface area contributed by atoms with E-state index in [2.05, 4.69) is 5.32 Å². The molecule has 0 bridgehead atoms. The fraction of sp³-hybridized carbons (Fsp3) is 0.333. The van der Waals surface area contributed by atoms with Crippen LogP contribution >= 0.6 is 11.6 Å². The van der Waals surface area contributed by atoms with Crippen molar-refractivity contribution in [2.24, 2.45) is 0 Å². The van der Waals surface area contributed by atoms with Crippen LogP contribution in [0.5, 0.6) is 5.75 Å². The van der Waals surface area contributed by atoms with Crippen molar-refractivity contribution in [3.05, 3.63) is 57.6 Å². The Morgan fingerprint density at radius 3 is 2.66 bits per heavy atom. The highest BCUT2D eigenvalue weighted by Crippen LogP contribution is 2.34. The summed E-state index contributed by atoms with van der Waals surface area (Å²) in [6.45, 7) is 2.11. The molecule has 1 saturated heterocycles. The van der Waals surface area contributed by atoms with E-state index in [0.29, 0.717) is 37.7 Å². The molecule has 1 atom stereocenters. The molecule has 0 aromatic heterocycles. The van der Waals surface area contributed by atoms with Crippen LogP contribution in [0.4, 0.5) is 17.1 Å². The second-order valence-corrected chi connectivity index (χ2v) is 7.77. The molecule has 11 heteroatoms. The summed E-state index contributed by atoms with van der Waals surface area (Å²) in [7, 11) is 0. The summed E-state index contributed by atoms with van der Waals surface area (Å²) in [4.78, 5) is 39.5. The van der Waals surface area contributed by atoms with Crippen LogP contribution in [-0.2, 0) is 14.3 Å². The van der Waals surface area contributed by atoms with Crippen LogP contribution in [0.15, 0.2) is 42.5 Å². The van der Waals surface area contributed by atoms with Crippen LogP contribution in [-0.4, -0.2) is 67.1 Å². The molecule has 10 nitrogen and oxygen atoms in total. The van der Waals surface area contributed by atoms with Crippen LogP contribution in [0.1, 0.15) is 0 Å². The van der Waals surface area contributed by atoms with Crippen molar-refractivity contribution in [2.45, 2.75) is 6.10 Å². The number of hydrogen-bond donors (Lipinski definition) is 1. The Bertz CT molecular complexity index is 1040. The van der Waals surface area contributed by atoms with Crippen LogP contribution in [0.25, 0.3) is 0 Å². The number of rotatable bonds is 5. The average Bonchev–Trinajstić information content (AvgIpc) is 2.80. The third-order valence-electron chi connectivity index (χ3n) is 5.23. The van der Waals surface area contributed by atoms with Gasteiger partial charge in [-0.3, -0.25) is 19.7 Å². The Hall–Kier alpha value is -3.37. The lowest BCUT2D eigenvalue weighted by Gasteiger charge is -2.38. The van der Waals surface area contributed by atoms with Crippen molar-refractivity contribution in [3.8, 4) is 5.75 Å². The molecule has 2 aliphatic heterocycles. The first-order valence-corrected chi connectivity index (χ1v) is 10.4. The molecule has 2 amide bonds. The van der Waals surface area contributed by atoms with E-state index in [-0.39, 0.29) is 41.3 Å². The highest BCUT2D eigenvalue weighted by molar-refractivity contribution is 6.34. The minimum absolute atomic E-state index is 0.0550. The van der Waals surface area contributed by atoms with E-state index < -0.39 is 11.0 Å². The van der Waals surface area contributed by atoms with Crippen molar-refractivity contribution >= 4 is 40.5 Å². The number of nitrogens with one attached hydrogen (secondary N) is 1. The predicted molar refractivity (Wildman–Crippen MR) is 117 cm³/mol. The monoisotopic (exact) mass is 460 g/mol. The van der Waals surface area contributed by atoms with E-state index in [1.165, 1.54) is 18.2 Å². The van der Waals surface area contributed by atoms with E-state index in [4.69, 9.17) is 21.1 Å². The Balaban J connectivity index is 1.48. The minimum Gasteiger partial charge on any atom is -0.477 e.